The van der Waals surface area contributed by atoms with Crippen LogP contribution in [0.2, 0.25) is 0 Å². The molecular weight excluding hydrogens is 222 g/mol. The highest BCUT2D eigenvalue weighted by atomic mass is 32.2. The van der Waals surface area contributed by atoms with E-state index in [1.165, 1.54) is 0 Å². The van der Waals surface area contributed by atoms with Crippen molar-refractivity contribution in [1.82, 2.24) is 5.32 Å². The van der Waals surface area contributed by atoms with Crippen molar-refractivity contribution in [3.8, 4) is 0 Å². The van der Waals surface area contributed by atoms with Gasteiger partial charge >= 0.3 is 0 Å². The minimum Gasteiger partial charge on any atom is -0.409 e. The average molecular weight is 239 g/mol. The van der Waals surface area contributed by atoms with E-state index in [4.69, 9.17) is 10.9 Å². The first-order chi connectivity index (χ1) is 7.77. The lowest BCUT2D eigenvalue weighted by Crippen LogP contribution is -2.17. The van der Waals surface area contributed by atoms with Gasteiger partial charge in [-0.3, -0.25) is 0 Å². The molecule has 0 aromatic heterocycles. The van der Waals surface area contributed by atoms with Gasteiger partial charge in [0.25, 0.3) is 0 Å². The first-order valence-corrected chi connectivity index (χ1v) is 6.44. The summed E-state index contributed by atoms with van der Waals surface area (Å²) in [5.74, 6) is 1.24. The summed E-state index contributed by atoms with van der Waals surface area (Å²) in [7, 11) is 0. The minimum absolute atomic E-state index is 0.144. The van der Waals surface area contributed by atoms with Crippen molar-refractivity contribution in [2.45, 2.75) is 6.54 Å². The molecule has 16 heavy (non-hydrogen) atoms. The van der Waals surface area contributed by atoms with Gasteiger partial charge in [-0.05, 0) is 17.9 Å². The van der Waals surface area contributed by atoms with E-state index < -0.39 is 0 Å². The van der Waals surface area contributed by atoms with Crippen LogP contribution in [0.5, 0.6) is 0 Å². The Kier molecular flexibility index (Phi) is 5.74. The quantitative estimate of drug-likeness (QED) is 0.230. The van der Waals surface area contributed by atoms with Crippen molar-refractivity contribution in [2.24, 2.45) is 10.9 Å². The number of thioether (sulfide) groups is 1. The fourth-order valence-electron chi connectivity index (χ4n) is 1.31. The highest BCUT2D eigenvalue weighted by Crippen LogP contribution is 2.04. The van der Waals surface area contributed by atoms with Gasteiger partial charge in [0, 0.05) is 24.4 Å². The van der Waals surface area contributed by atoms with Crippen LogP contribution < -0.4 is 11.1 Å². The molecule has 0 saturated carbocycles. The van der Waals surface area contributed by atoms with Gasteiger partial charge in [-0.15, -0.1) is 0 Å². The van der Waals surface area contributed by atoms with Crippen LogP contribution in [-0.4, -0.2) is 29.6 Å². The van der Waals surface area contributed by atoms with E-state index >= 15 is 0 Å². The molecule has 0 amide bonds. The average Bonchev–Trinajstić information content (AvgIpc) is 2.34. The smallest absolute Gasteiger partial charge is 0.170 e. The summed E-state index contributed by atoms with van der Waals surface area (Å²) in [5.41, 5.74) is 7.39. The molecule has 1 rings (SSSR count). The van der Waals surface area contributed by atoms with E-state index in [-0.39, 0.29) is 5.84 Å². The van der Waals surface area contributed by atoms with Gasteiger partial charge < -0.3 is 16.3 Å². The van der Waals surface area contributed by atoms with Crippen LogP contribution in [0, 0.1) is 0 Å². The monoisotopic (exact) mass is 239 g/mol. The second kappa shape index (κ2) is 7.14. The lowest BCUT2D eigenvalue weighted by molar-refractivity contribution is 0.318. The Morgan fingerprint density at radius 1 is 1.56 bits per heavy atom. The molecule has 0 saturated heterocycles. The summed E-state index contributed by atoms with van der Waals surface area (Å²) in [6, 6.07) is 7.65. The Morgan fingerprint density at radius 3 is 3.06 bits per heavy atom. The third kappa shape index (κ3) is 4.12. The molecule has 1 aromatic rings. The summed E-state index contributed by atoms with van der Waals surface area (Å²) in [4.78, 5) is 0. The maximum absolute atomic E-state index is 8.57. The predicted molar refractivity (Wildman–Crippen MR) is 69.0 cm³/mol. The second-order valence-corrected chi connectivity index (χ2v) is 4.34. The van der Waals surface area contributed by atoms with Gasteiger partial charge in [-0.25, -0.2) is 0 Å². The molecule has 5 heteroatoms. The zero-order valence-electron chi connectivity index (χ0n) is 9.31. The molecule has 0 spiro atoms. The van der Waals surface area contributed by atoms with E-state index in [0.717, 1.165) is 30.0 Å². The van der Waals surface area contributed by atoms with Crippen LogP contribution in [0.4, 0.5) is 0 Å². The first kappa shape index (κ1) is 12.9. The van der Waals surface area contributed by atoms with Gasteiger partial charge in [0.1, 0.15) is 0 Å². The van der Waals surface area contributed by atoms with Gasteiger partial charge in [0.05, 0.1) is 0 Å². The fraction of sp³-hybridized carbons (Fsp3) is 0.364. The fourth-order valence-corrected chi connectivity index (χ4v) is 1.65. The standard InChI is InChI=1S/C11H17N3OS/c1-16-6-5-13-8-9-3-2-4-10(7-9)11(12)14-15/h2-4,7,13,15H,5-6,8H2,1H3,(H2,12,14). The molecule has 0 heterocycles. The number of hydrogen-bond donors (Lipinski definition) is 3. The Labute approximate surface area is 99.9 Å². The highest BCUT2D eigenvalue weighted by molar-refractivity contribution is 7.98. The predicted octanol–water partition coefficient (Wildman–Crippen LogP) is 1.23. The number of amidine groups is 1. The maximum Gasteiger partial charge on any atom is 0.170 e. The van der Waals surface area contributed by atoms with E-state index in [1.54, 1.807) is 0 Å². The van der Waals surface area contributed by atoms with Crippen molar-refractivity contribution >= 4 is 17.6 Å². The van der Waals surface area contributed by atoms with Crippen LogP contribution in [0.1, 0.15) is 11.1 Å². The Balaban J connectivity index is 2.54. The molecule has 0 atom stereocenters. The molecule has 0 aliphatic heterocycles. The molecule has 0 aliphatic carbocycles. The van der Waals surface area contributed by atoms with Crippen molar-refractivity contribution < 1.29 is 5.21 Å². The minimum atomic E-state index is 0.144. The third-order valence-electron chi connectivity index (χ3n) is 2.14. The summed E-state index contributed by atoms with van der Waals surface area (Å²) in [6.45, 7) is 1.78. The summed E-state index contributed by atoms with van der Waals surface area (Å²) in [6.07, 6.45) is 2.08. The molecule has 0 unspecified atom stereocenters. The number of nitrogens with two attached hydrogens (primary N) is 1. The topological polar surface area (TPSA) is 70.6 Å². The normalized spacial score (nSPS) is 11.7. The molecule has 4 nitrogen and oxygen atoms in total. The van der Waals surface area contributed by atoms with Gasteiger partial charge in [-0.2, -0.15) is 11.8 Å². The third-order valence-corrected chi connectivity index (χ3v) is 2.75. The summed E-state index contributed by atoms with van der Waals surface area (Å²) in [5, 5.41) is 14.9. The summed E-state index contributed by atoms with van der Waals surface area (Å²) >= 11 is 1.81. The molecule has 0 bridgehead atoms. The number of hydrogen-bond acceptors (Lipinski definition) is 4. The number of oxime groups is 1. The molecule has 0 fully saturated rings. The summed E-state index contributed by atoms with van der Waals surface area (Å²) < 4.78 is 0. The largest absolute Gasteiger partial charge is 0.409 e. The molecule has 0 radical (unpaired) electrons. The van der Waals surface area contributed by atoms with E-state index in [9.17, 15) is 0 Å². The van der Waals surface area contributed by atoms with Gasteiger partial charge in [0.2, 0.25) is 0 Å². The van der Waals surface area contributed by atoms with Gasteiger partial charge in [-0.1, -0.05) is 23.4 Å². The van der Waals surface area contributed by atoms with Crippen molar-refractivity contribution in [1.29, 1.82) is 0 Å². The van der Waals surface area contributed by atoms with E-state index in [2.05, 4.69) is 16.7 Å². The molecule has 88 valence electrons. The first-order valence-electron chi connectivity index (χ1n) is 5.04. The SMILES string of the molecule is CSCCNCc1cccc(C(N)=NO)c1. The Bertz CT molecular complexity index is 355. The molecule has 1 aromatic carbocycles. The van der Waals surface area contributed by atoms with Crippen LogP contribution in [0.3, 0.4) is 0 Å². The van der Waals surface area contributed by atoms with Crippen LogP contribution in [0.25, 0.3) is 0 Å². The number of nitrogens with zero attached hydrogens (tertiary/aromatic N) is 1. The molecular formula is C11H17N3OS. The van der Waals surface area contributed by atoms with Crippen molar-refractivity contribution in [2.75, 3.05) is 18.6 Å². The maximum atomic E-state index is 8.57. The lowest BCUT2D eigenvalue weighted by Gasteiger charge is -2.05. The highest BCUT2D eigenvalue weighted by Gasteiger charge is 2.00. The van der Waals surface area contributed by atoms with E-state index in [0.29, 0.717) is 0 Å². The number of rotatable bonds is 6. The van der Waals surface area contributed by atoms with Crippen molar-refractivity contribution in [3.63, 3.8) is 0 Å². The van der Waals surface area contributed by atoms with Crippen molar-refractivity contribution in [3.05, 3.63) is 35.4 Å². The van der Waals surface area contributed by atoms with Crippen LogP contribution in [0.15, 0.2) is 29.4 Å². The number of benzene rings is 1. The lowest BCUT2D eigenvalue weighted by atomic mass is 10.1. The number of nitrogens with one attached hydrogen (secondary N) is 1. The molecule has 0 aliphatic rings. The Morgan fingerprint density at radius 2 is 2.38 bits per heavy atom. The van der Waals surface area contributed by atoms with E-state index in [1.807, 2.05) is 36.0 Å². The second-order valence-electron chi connectivity index (χ2n) is 3.36. The van der Waals surface area contributed by atoms with Crippen LogP contribution >= 0.6 is 11.8 Å². The zero-order valence-corrected chi connectivity index (χ0v) is 10.1. The van der Waals surface area contributed by atoms with Crippen LogP contribution in [-0.2, 0) is 6.54 Å². The van der Waals surface area contributed by atoms with Gasteiger partial charge in [0.15, 0.2) is 5.84 Å². The Hall–Kier alpha value is -1.20. The zero-order chi connectivity index (χ0) is 11.8. The molecule has 4 N–H and O–H groups in total.